The molecule has 35 heavy (non-hydrogen) atoms. The number of likely N-dealkylation sites (N-methyl/N-ethyl adjacent to an activating group) is 1. The zero-order valence-corrected chi connectivity index (χ0v) is 22.6. The number of quaternary nitrogens is 1. The topological polar surface area (TPSA) is 35.5 Å². The van der Waals surface area contributed by atoms with Crippen LogP contribution in [0.4, 0.5) is 0 Å². The normalized spacial score (nSPS) is 12.3. The van der Waals surface area contributed by atoms with E-state index in [-0.39, 0.29) is 12.0 Å². The fourth-order valence-electron chi connectivity index (χ4n) is 4.64. The Hall–Kier alpha value is -2.33. The number of carbonyl (C=O) groups excluding carboxylic acids is 1. The van der Waals surface area contributed by atoms with E-state index in [1.54, 1.807) is 0 Å². The lowest BCUT2D eigenvalue weighted by molar-refractivity contribution is -0.919. The Balaban J connectivity index is 1.61. The number of hydrogen-bond acceptors (Lipinski definition) is 3. The summed E-state index contributed by atoms with van der Waals surface area (Å²) in [6.45, 7) is 6.21. The van der Waals surface area contributed by atoms with Gasteiger partial charge in [-0.1, -0.05) is 88.4 Å². The highest BCUT2D eigenvalue weighted by Gasteiger charge is 2.34. The van der Waals surface area contributed by atoms with Crippen molar-refractivity contribution in [1.82, 2.24) is 0 Å². The van der Waals surface area contributed by atoms with Gasteiger partial charge in [0.25, 0.3) is 0 Å². The zero-order valence-electron chi connectivity index (χ0n) is 22.6. The zero-order chi connectivity index (χ0) is 25.4. The van der Waals surface area contributed by atoms with Crippen LogP contribution in [0.3, 0.4) is 0 Å². The smallest absolute Gasteiger partial charge is 0.364 e. The van der Waals surface area contributed by atoms with E-state index in [2.05, 4.69) is 64.3 Å². The Labute approximate surface area is 214 Å². The molecule has 2 aromatic rings. The average molecular weight is 483 g/mol. The number of esters is 1. The van der Waals surface area contributed by atoms with Gasteiger partial charge in [-0.05, 0) is 43.4 Å². The van der Waals surface area contributed by atoms with Gasteiger partial charge in [0.2, 0.25) is 0 Å². The van der Waals surface area contributed by atoms with E-state index < -0.39 is 0 Å². The van der Waals surface area contributed by atoms with Crippen LogP contribution in [0, 0.1) is 0 Å². The number of ether oxygens (including phenoxy) is 2. The summed E-state index contributed by atoms with van der Waals surface area (Å²) in [6, 6.07) is 18.7. The Morgan fingerprint density at radius 2 is 1.43 bits per heavy atom. The van der Waals surface area contributed by atoms with Crippen molar-refractivity contribution in [1.29, 1.82) is 0 Å². The van der Waals surface area contributed by atoms with Gasteiger partial charge in [-0.15, -0.1) is 0 Å². The van der Waals surface area contributed by atoms with Gasteiger partial charge < -0.3 is 14.0 Å². The molecule has 0 saturated carbocycles. The maximum absolute atomic E-state index is 12.8. The van der Waals surface area contributed by atoms with Crippen molar-refractivity contribution in [3.05, 3.63) is 65.7 Å². The monoisotopic (exact) mass is 482 g/mol. The lowest BCUT2D eigenvalue weighted by Gasteiger charge is -2.36. The van der Waals surface area contributed by atoms with Gasteiger partial charge in [0.1, 0.15) is 12.3 Å². The van der Waals surface area contributed by atoms with Crippen LogP contribution in [-0.2, 0) is 22.5 Å². The lowest BCUT2D eigenvalue weighted by atomic mass is 10.0. The summed E-state index contributed by atoms with van der Waals surface area (Å²) < 4.78 is 12.1. The van der Waals surface area contributed by atoms with Gasteiger partial charge in [-0.25, -0.2) is 4.79 Å². The first kappa shape index (κ1) is 28.9. The molecule has 0 heterocycles. The molecule has 0 aromatic heterocycles. The number of carbonyl (C=O) groups is 1. The molecule has 0 spiro atoms. The van der Waals surface area contributed by atoms with Crippen molar-refractivity contribution in [3.8, 4) is 5.75 Å². The predicted octanol–water partition coefficient (Wildman–Crippen LogP) is 7.35. The Bertz CT molecular complexity index is 817. The van der Waals surface area contributed by atoms with E-state index in [0.717, 1.165) is 38.0 Å². The molecule has 0 amide bonds. The van der Waals surface area contributed by atoms with Gasteiger partial charge in [-0.3, -0.25) is 0 Å². The van der Waals surface area contributed by atoms with E-state index >= 15 is 0 Å². The number of nitrogens with zero attached hydrogens (tertiary/aromatic N) is 1. The summed E-state index contributed by atoms with van der Waals surface area (Å²) in [4.78, 5) is 12.8. The number of aryl methyl sites for hydroxylation is 1. The molecule has 4 heteroatoms. The molecule has 0 bridgehead atoms. The molecule has 2 rings (SSSR count). The number of unbranched alkanes of at least 4 members (excludes halogenated alkanes) is 6. The first-order valence-corrected chi connectivity index (χ1v) is 13.7. The van der Waals surface area contributed by atoms with Gasteiger partial charge >= 0.3 is 5.97 Å². The summed E-state index contributed by atoms with van der Waals surface area (Å²) in [6.07, 6.45) is 11.6. The van der Waals surface area contributed by atoms with E-state index in [9.17, 15) is 4.79 Å². The summed E-state index contributed by atoms with van der Waals surface area (Å²) in [7, 11) is 4.21. The van der Waals surface area contributed by atoms with Gasteiger partial charge in [-0.2, -0.15) is 0 Å². The van der Waals surface area contributed by atoms with E-state index in [0.29, 0.717) is 17.7 Å². The third kappa shape index (κ3) is 11.3. The lowest BCUT2D eigenvalue weighted by Crippen LogP contribution is -2.52. The highest BCUT2D eigenvalue weighted by molar-refractivity contribution is 5.74. The largest absolute Gasteiger partial charge is 0.494 e. The van der Waals surface area contributed by atoms with E-state index in [1.165, 1.54) is 49.7 Å². The first-order valence-electron chi connectivity index (χ1n) is 13.7. The number of benzene rings is 2. The van der Waals surface area contributed by atoms with Crippen LogP contribution in [0.15, 0.2) is 54.6 Å². The van der Waals surface area contributed by atoms with Crippen molar-refractivity contribution in [3.63, 3.8) is 0 Å². The van der Waals surface area contributed by atoms with Crippen LogP contribution >= 0.6 is 0 Å². The standard InChI is InChI=1S/C31H48NO3/c1-5-7-8-9-10-12-17-27-20-22-29(23-21-27)34-24-15-16-25-35-31(33)30(6-2)32(3,4)26-28-18-13-11-14-19-28/h11,13-14,18-23,30H,5-10,12,15-17,24-26H2,1-4H3/q+1. The molecule has 0 aliphatic heterocycles. The molecular formula is C31H48NO3+. The molecule has 0 aliphatic carbocycles. The Kier molecular flexibility index (Phi) is 13.5. The van der Waals surface area contributed by atoms with Crippen LogP contribution in [0.25, 0.3) is 0 Å². The first-order chi connectivity index (χ1) is 17.0. The van der Waals surface area contributed by atoms with Gasteiger partial charge in [0.05, 0.1) is 27.3 Å². The minimum Gasteiger partial charge on any atom is -0.494 e. The fourth-order valence-corrected chi connectivity index (χ4v) is 4.64. The summed E-state index contributed by atoms with van der Waals surface area (Å²) in [5, 5.41) is 0. The van der Waals surface area contributed by atoms with Gasteiger partial charge in [0.15, 0.2) is 6.04 Å². The van der Waals surface area contributed by atoms with Crippen molar-refractivity contribution in [2.24, 2.45) is 0 Å². The molecule has 194 valence electrons. The molecule has 0 saturated heterocycles. The Morgan fingerprint density at radius 1 is 0.771 bits per heavy atom. The number of rotatable bonds is 18. The molecule has 1 atom stereocenters. The molecule has 4 nitrogen and oxygen atoms in total. The van der Waals surface area contributed by atoms with Crippen molar-refractivity contribution in [2.75, 3.05) is 27.3 Å². The predicted molar refractivity (Wildman–Crippen MR) is 146 cm³/mol. The molecule has 0 aliphatic rings. The second kappa shape index (κ2) is 16.4. The van der Waals surface area contributed by atoms with E-state index in [4.69, 9.17) is 9.47 Å². The quantitative estimate of drug-likeness (QED) is 0.127. The van der Waals surface area contributed by atoms with Crippen LogP contribution in [-0.4, -0.2) is 43.8 Å². The van der Waals surface area contributed by atoms with E-state index in [1.807, 2.05) is 18.2 Å². The minimum absolute atomic E-state index is 0.102. The Morgan fingerprint density at radius 3 is 2.11 bits per heavy atom. The molecule has 0 fully saturated rings. The second-order valence-corrected chi connectivity index (χ2v) is 10.2. The average Bonchev–Trinajstić information content (AvgIpc) is 2.85. The van der Waals surface area contributed by atoms with Crippen molar-refractivity contribution < 1.29 is 18.8 Å². The van der Waals surface area contributed by atoms with Crippen LogP contribution in [0.1, 0.15) is 82.8 Å². The third-order valence-corrected chi connectivity index (χ3v) is 6.73. The highest BCUT2D eigenvalue weighted by atomic mass is 16.5. The molecule has 0 radical (unpaired) electrons. The minimum atomic E-state index is -0.165. The maximum atomic E-state index is 12.8. The maximum Gasteiger partial charge on any atom is 0.364 e. The van der Waals surface area contributed by atoms with Crippen LogP contribution < -0.4 is 4.74 Å². The van der Waals surface area contributed by atoms with Crippen LogP contribution in [0.5, 0.6) is 5.75 Å². The SMILES string of the molecule is CCCCCCCCc1ccc(OCCCCOC(=O)C(CC)[N+](C)(C)Cc2ccccc2)cc1. The summed E-state index contributed by atoms with van der Waals surface area (Å²) >= 11 is 0. The highest BCUT2D eigenvalue weighted by Crippen LogP contribution is 2.19. The molecule has 0 N–H and O–H groups in total. The van der Waals surface area contributed by atoms with Crippen molar-refractivity contribution >= 4 is 5.97 Å². The molecule has 2 aromatic carbocycles. The third-order valence-electron chi connectivity index (χ3n) is 6.73. The van der Waals surface area contributed by atoms with Crippen LogP contribution in [0.2, 0.25) is 0 Å². The molecule has 1 unspecified atom stereocenters. The summed E-state index contributed by atoms with van der Waals surface area (Å²) in [5.74, 6) is 0.815. The second-order valence-electron chi connectivity index (χ2n) is 10.2. The molecular weight excluding hydrogens is 434 g/mol. The van der Waals surface area contributed by atoms with Gasteiger partial charge in [0, 0.05) is 12.0 Å². The summed E-state index contributed by atoms with van der Waals surface area (Å²) in [5.41, 5.74) is 2.62. The fraction of sp³-hybridized carbons (Fsp3) is 0.581. The van der Waals surface area contributed by atoms with Crippen molar-refractivity contribution in [2.45, 2.75) is 90.6 Å². The number of hydrogen-bond donors (Lipinski definition) is 0.